The molecule has 1 aromatic carbocycles. The summed E-state index contributed by atoms with van der Waals surface area (Å²) < 4.78 is 2.19. The van der Waals surface area contributed by atoms with E-state index in [1.807, 2.05) is 6.21 Å². The molecule has 23 heavy (non-hydrogen) atoms. The highest BCUT2D eigenvalue weighted by atomic mass is 32.1. The first-order valence-corrected chi connectivity index (χ1v) is 8.35. The van der Waals surface area contributed by atoms with Gasteiger partial charge in [-0.25, -0.2) is 0 Å². The summed E-state index contributed by atoms with van der Waals surface area (Å²) in [6.45, 7) is 12.6. The molecular formula is C17H25N5S. The zero-order chi connectivity index (χ0) is 17.0. The Labute approximate surface area is 143 Å². The number of nitrogens with one attached hydrogen (secondary N) is 1. The molecule has 2 rings (SSSR count). The van der Waals surface area contributed by atoms with Crippen molar-refractivity contribution in [2.45, 2.75) is 40.0 Å². The quantitative estimate of drug-likeness (QED) is 0.666. The van der Waals surface area contributed by atoms with Crippen molar-refractivity contribution in [2.75, 3.05) is 18.0 Å². The molecule has 1 aromatic heterocycles. The third kappa shape index (κ3) is 4.07. The first-order chi connectivity index (χ1) is 10.9. The zero-order valence-electron chi connectivity index (χ0n) is 14.5. The van der Waals surface area contributed by atoms with Crippen LogP contribution in [0.25, 0.3) is 0 Å². The van der Waals surface area contributed by atoms with Crippen molar-refractivity contribution in [3.8, 4) is 0 Å². The molecule has 0 saturated carbocycles. The average Bonchev–Trinajstić information content (AvgIpc) is 2.89. The second kappa shape index (κ2) is 7.08. The maximum atomic E-state index is 5.27. The first-order valence-electron chi connectivity index (χ1n) is 7.94. The highest BCUT2D eigenvalue weighted by Gasteiger charge is 2.21. The topological polar surface area (TPSA) is 49.2 Å². The minimum atomic E-state index is -0.127. The first kappa shape index (κ1) is 17.4. The Morgan fingerprint density at radius 2 is 1.83 bits per heavy atom. The average molecular weight is 331 g/mol. The molecule has 0 unspecified atom stereocenters. The Hall–Kier alpha value is -1.95. The van der Waals surface area contributed by atoms with Gasteiger partial charge in [0.05, 0.1) is 6.21 Å². The fraction of sp³-hybridized carbons (Fsp3) is 0.471. The van der Waals surface area contributed by atoms with Gasteiger partial charge in [-0.1, -0.05) is 32.9 Å². The molecule has 0 atom stereocenters. The van der Waals surface area contributed by atoms with Crippen LogP contribution in [0.5, 0.6) is 0 Å². The zero-order valence-corrected chi connectivity index (χ0v) is 15.3. The van der Waals surface area contributed by atoms with E-state index in [9.17, 15) is 0 Å². The van der Waals surface area contributed by atoms with Crippen LogP contribution < -0.4 is 4.90 Å². The number of hydrogen-bond donors (Lipinski definition) is 1. The Morgan fingerprint density at radius 1 is 1.22 bits per heavy atom. The molecule has 0 aliphatic rings. The molecule has 2 aromatic rings. The van der Waals surface area contributed by atoms with E-state index in [0.717, 1.165) is 24.5 Å². The molecule has 0 aliphatic heterocycles. The van der Waals surface area contributed by atoms with Gasteiger partial charge >= 0.3 is 0 Å². The SMILES string of the molecule is CCN(CC)c1ccc(/C=N\n2c(C(C)(C)C)n[nH]c2=S)cc1. The van der Waals surface area contributed by atoms with Crippen molar-refractivity contribution in [3.05, 3.63) is 40.4 Å². The van der Waals surface area contributed by atoms with Gasteiger partial charge in [-0.15, -0.1) is 0 Å². The number of aromatic nitrogens is 3. The van der Waals surface area contributed by atoms with E-state index in [1.165, 1.54) is 5.69 Å². The third-order valence-corrected chi connectivity index (χ3v) is 3.93. The second-order valence-electron chi connectivity index (χ2n) is 6.42. The van der Waals surface area contributed by atoms with Crippen molar-refractivity contribution >= 4 is 24.1 Å². The van der Waals surface area contributed by atoms with Crippen LogP contribution in [-0.4, -0.2) is 34.2 Å². The predicted octanol–water partition coefficient (Wildman–Crippen LogP) is 3.97. The van der Waals surface area contributed by atoms with Crippen LogP contribution in [0.4, 0.5) is 5.69 Å². The lowest BCUT2D eigenvalue weighted by atomic mass is 9.96. The van der Waals surface area contributed by atoms with Crippen molar-refractivity contribution < 1.29 is 0 Å². The second-order valence-corrected chi connectivity index (χ2v) is 6.81. The van der Waals surface area contributed by atoms with E-state index >= 15 is 0 Å². The lowest BCUT2D eigenvalue weighted by Crippen LogP contribution is -2.21. The number of anilines is 1. The Morgan fingerprint density at radius 3 is 2.35 bits per heavy atom. The van der Waals surface area contributed by atoms with Crippen LogP contribution in [-0.2, 0) is 5.41 Å². The maximum absolute atomic E-state index is 5.27. The summed E-state index contributed by atoms with van der Waals surface area (Å²) in [6.07, 6.45) is 1.81. The third-order valence-electron chi connectivity index (χ3n) is 3.67. The molecule has 0 bridgehead atoms. The molecule has 124 valence electrons. The maximum Gasteiger partial charge on any atom is 0.216 e. The molecule has 0 radical (unpaired) electrons. The predicted molar refractivity (Wildman–Crippen MR) is 99.1 cm³/mol. The van der Waals surface area contributed by atoms with Gasteiger partial charge in [-0.2, -0.15) is 14.9 Å². The van der Waals surface area contributed by atoms with Gasteiger partial charge in [0, 0.05) is 24.2 Å². The van der Waals surface area contributed by atoms with Crippen molar-refractivity contribution in [1.82, 2.24) is 14.9 Å². The molecule has 0 amide bonds. The lowest BCUT2D eigenvalue weighted by Gasteiger charge is -2.20. The fourth-order valence-electron chi connectivity index (χ4n) is 2.37. The van der Waals surface area contributed by atoms with Crippen LogP contribution >= 0.6 is 12.2 Å². The summed E-state index contributed by atoms with van der Waals surface area (Å²) in [5.74, 6) is 0.818. The molecule has 0 fully saturated rings. The molecule has 0 spiro atoms. The number of benzene rings is 1. The minimum absolute atomic E-state index is 0.127. The van der Waals surface area contributed by atoms with Gasteiger partial charge in [0.15, 0.2) is 5.82 Å². The number of nitrogens with zero attached hydrogens (tertiary/aromatic N) is 4. The highest BCUT2D eigenvalue weighted by Crippen LogP contribution is 2.20. The number of hydrogen-bond acceptors (Lipinski definition) is 4. The van der Waals surface area contributed by atoms with Gasteiger partial charge in [0.2, 0.25) is 4.77 Å². The van der Waals surface area contributed by atoms with Crippen LogP contribution in [0.1, 0.15) is 46.0 Å². The van der Waals surface area contributed by atoms with Gasteiger partial charge in [0.1, 0.15) is 0 Å². The summed E-state index contributed by atoms with van der Waals surface area (Å²) in [5.41, 5.74) is 2.13. The van der Waals surface area contributed by atoms with Crippen LogP contribution in [0.15, 0.2) is 29.4 Å². The van der Waals surface area contributed by atoms with Crippen molar-refractivity contribution in [2.24, 2.45) is 5.10 Å². The van der Waals surface area contributed by atoms with Crippen molar-refractivity contribution in [1.29, 1.82) is 0 Å². The normalized spacial score (nSPS) is 12.0. The smallest absolute Gasteiger partial charge is 0.216 e. The summed E-state index contributed by atoms with van der Waals surface area (Å²) in [5, 5.41) is 11.6. The van der Waals surface area contributed by atoms with E-state index in [-0.39, 0.29) is 5.41 Å². The summed E-state index contributed by atoms with van der Waals surface area (Å²) in [4.78, 5) is 2.31. The van der Waals surface area contributed by atoms with Gasteiger partial charge in [-0.3, -0.25) is 5.10 Å². The molecule has 0 saturated heterocycles. The molecule has 1 N–H and O–H groups in total. The molecule has 1 heterocycles. The van der Waals surface area contributed by atoms with E-state index in [4.69, 9.17) is 12.2 Å². The largest absolute Gasteiger partial charge is 0.372 e. The molecule has 6 heteroatoms. The number of rotatable bonds is 5. The van der Waals surface area contributed by atoms with E-state index in [1.54, 1.807) is 4.68 Å². The number of H-pyrrole nitrogens is 1. The monoisotopic (exact) mass is 331 g/mol. The Kier molecular flexibility index (Phi) is 5.36. The van der Waals surface area contributed by atoms with Crippen molar-refractivity contribution in [3.63, 3.8) is 0 Å². The van der Waals surface area contributed by atoms with Gasteiger partial charge < -0.3 is 4.90 Å². The molecule has 5 nitrogen and oxygen atoms in total. The Balaban J connectivity index is 2.25. The van der Waals surface area contributed by atoms with E-state index in [2.05, 4.69) is 79.1 Å². The molecular weight excluding hydrogens is 306 g/mol. The summed E-state index contributed by atoms with van der Waals surface area (Å²) >= 11 is 5.27. The van der Waals surface area contributed by atoms with E-state index < -0.39 is 0 Å². The standard InChI is InChI=1S/C17H25N5S/c1-6-21(7-2)14-10-8-13(9-11-14)12-18-22-15(17(3,4)5)19-20-16(22)23/h8-12H,6-7H2,1-5H3,(H,20,23)/b18-12-. The van der Waals surface area contributed by atoms with Crippen LogP contribution in [0.2, 0.25) is 0 Å². The molecule has 0 aliphatic carbocycles. The summed E-state index contributed by atoms with van der Waals surface area (Å²) in [6, 6.07) is 8.37. The fourth-order valence-corrected chi connectivity index (χ4v) is 2.55. The van der Waals surface area contributed by atoms with Gasteiger partial charge in [-0.05, 0) is 43.8 Å². The summed E-state index contributed by atoms with van der Waals surface area (Å²) in [7, 11) is 0. The Bertz CT molecular complexity index is 715. The lowest BCUT2D eigenvalue weighted by molar-refractivity contribution is 0.516. The minimum Gasteiger partial charge on any atom is -0.372 e. The van der Waals surface area contributed by atoms with Crippen LogP contribution in [0, 0.1) is 4.77 Å². The van der Waals surface area contributed by atoms with Gasteiger partial charge in [0.25, 0.3) is 0 Å². The number of aromatic amines is 1. The van der Waals surface area contributed by atoms with Crippen LogP contribution in [0.3, 0.4) is 0 Å². The van der Waals surface area contributed by atoms with E-state index in [0.29, 0.717) is 4.77 Å². The highest BCUT2D eigenvalue weighted by molar-refractivity contribution is 7.71.